The lowest BCUT2D eigenvalue weighted by Gasteiger charge is -2.09. The van der Waals surface area contributed by atoms with Gasteiger partial charge in [0.2, 0.25) is 5.91 Å². The second kappa shape index (κ2) is 11.1. The predicted octanol–water partition coefficient (Wildman–Crippen LogP) is 3.86. The highest BCUT2D eigenvalue weighted by Crippen LogP contribution is 2.24. The van der Waals surface area contributed by atoms with Gasteiger partial charge in [0.25, 0.3) is 0 Å². The Labute approximate surface area is 194 Å². The number of hydrogen-bond acceptors (Lipinski definition) is 9. The molecule has 1 amide bonds. The summed E-state index contributed by atoms with van der Waals surface area (Å²) in [4.78, 5) is 28.9. The first-order chi connectivity index (χ1) is 15.4. The van der Waals surface area contributed by atoms with Crippen molar-refractivity contribution in [3.63, 3.8) is 0 Å². The molecule has 0 bridgehead atoms. The Bertz CT molecular complexity index is 1080. The van der Waals surface area contributed by atoms with Crippen molar-refractivity contribution in [1.29, 1.82) is 0 Å². The van der Waals surface area contributed by atoms with E-state index in [2.05, 4.69) is 20.5 Å². The molecule has 0 spiro atoms. The molecule has 170 valence electrons. The molecule has 11 heteroatoms. The van der Waals surface area contributed by atoms with Gasteiger partial charge in [-0.1, -0.05) is 40.8 Å². The zero-order valence-corrected chi connectivity index (χ0v) is 20.0. The van der Waals surface area contributed by atoms with Gasteiger partial charge in [-0.05, 0) is 39.8 Å². The Balaban J connectivity index is 1.56. The average molecular weight is 476 g/mol. The Morgan fingerprint density at radius 3 is 2.59 bits per heavy atom. The van der Waals surface area contributed by atoms with Crippen molar-refractivity contribution in [3.05, 3.63) is 46.2 Å². The molecule has 0 saturated heterocycles. The van der Waals surface area contributed by atoms with Gasteiger partial charge >= 0.3 is 5.97 Å². The van der Waals surface area contributed by atoms with E-state index in [0.717, 1.165) is 22.6 Å². The lowest BCUT2D eigenvalue weighted by molar-refractivity contribution is -0.113. The fourth-order valence-electron chi connectivity index (χ4n) is 2.75. The molecule has 0 aliphatic heterocycles. The number of nitrogens with one attached hydrogen (secondary N) is 1. The molecule has 0 radical (unpaired) electrons. The van der Waals surface area contributed by atoms with E-state index in [4.69, 9.17) is 9.47 Å². The molecule has 0 aliphatic carbocycles. The van der Waals surface area contributed by atoms with E-state index in [1.54, 1.807) is 13.8 Å². The summed E-state index contributed by atoms with van der Waals surface area (Å²) in [6.07, 6.45) is 0. The predicted molar refractivity (Wildman–Crippen MR) is 123 cm³/mol. The van der Waals surface area contributed by atoms with E-state index in [9.17, 15) is 9.59 Å². The van der Waals surface area contributed by atoms with Gasteiger partial charge in [-0.3, -0.25) is 4.79 Å². The fourth-order valence-corrected chi connectivity index (χ4v) is 4.45. The smallest absolute Gasteiger partial charge is 0.350 e. The summed E-state index contributed by atoms with van der Waals surface area (Å²) in [7, 11) is 0. The van der Waals surface area contributed by atoms with Crippen LogP contribution in [0.1, 0.15) is 40.6 Å². The number of anilines is 1. The van der Waals surface area contributed by atoms with E-state index >= 15 is 0 Å². The third kappa shape index (κ3) is 6.07. The molecule has 0 atom stereocenters. The van der Waals surface area contributed by atoms with Crippen LogP contribution in [0.5, 0.6) is 5.75 Å². The van der Waals surface area contributed by atoms with Gasteiger partial charge in [0.15, 0.2) is 16.1 Å². The maximum absolute atomic E-state index is 12.4. The number of nitrogens with zero attached hydrogens (tertiary/aromatic N) is 4. The van der Waals surface area contributed by atoms with Crippen LogP contribution >= 0.6 is 23.1 Å². The van der Waals surface area contributed by atoms with E-state index in [1.807, 2.05) is 42.7 Å². The number of aryl methyl sites for hydroxylation is 2. The molecule has 1 N–H and O–H groups in total. The van der Waals surface area contributed by atoms with Crippen molar-refractivity contribution in [2.45, 2.75) is 46.0 Å². The number of benzene rings is 1. The molecule has 0 unspecified atom stereocenters. The van der Waals surface area contributed by atoms with Gasteiger partial charge in [0.1, 0.15) is 17.2 Å². The largest absolute Gasteiger partial charge is 0.486 e. The van der Waals surface area contributed by atoms with Gasteiger partial charge in [0, 0.05) is 6.54 Å². The zero-order valence-electron chi connectivity index (χ0n) is 18.4. The molecule has 2 aromatic heterocycles. The second-order valence-corrected chi connectivity index (χ2v) is 8.68. The first kappa shape index (κ1) is 23.7. The number of aromatic nitrogens is 4. The summed E-state index contributed by atoms with van der Waals surface area (Å²) >= 11 is 2.37. The van der Waals surface area contributed by atoms with Crippen molar-refractivity contribution in [1.82, 2.24) is 19.7 Å². The summed E-state index contributed by atoms with van der Waals surface area (Å²) in [6.45, 7) is 8.67. The Morgan fingerprint density at radius 1 is 1.16 bits per heavy atom. The standard InChI is InChI=1S/C21H25N5O4S2/c1-5-26-16(11-30-15-9-7-13(3)8-10-15)24-25-21(26)31-12-17(27)23-20-22-14(4)18(32-20)19(28)29-6-2/h7-10H,5-6,11-12H2,1-4H3,(H,22,23,27). The minimum atomic E-state index is -0.436. The van der Waals surface area contributed by atoms with Crippen LogP contribution in [-0.4, -0.2) is 44.0 Å². The maximum atomic E-state index is 12.4. The van der Waals surface area contributed by atoms with Crippen molar-refractivity contribution in [2.24, 2.45) is 0 Å². The van der Waals surface area contributed by atoms with Gasteiger partial charge in [-0.25, -0.2) is 9.78 Å². The minimum absolute atomic E-state index is 0.129. The number of amides is 1. The molecular weight excluding hydrogens is 450 g/mol. The molecule has 32 heavy (non-hydrogen) atoms. The van der Waals surface area contributed by atoms with Crippen LogP contribution in [0, 0.1) is 13.8 Å². The summed E-state index contributed by atoms with van der Waals surface area (Å²) in [5.74, 6) is 0.891. The molecule has 2 heterocycles. The molecule has 1 aromatic carbocycles. The summed E-state index contributed by atoms with van der Waals surface area (Å²) in [6, 6.07) is 7.80. The van der Waals surface area contributed by atoms with Gasteiger partial charge < -0.3 is 19.4 Å². The lowest BCUT2D eigenvalue weighted by atomic mass is 10.2. The summed E-state index contributed by atoms with van der Waals surface area (Å²) < 4.78 is 12.7. The van der Waals surface area contributed by atoms with E-state index in [-0.39, 0.29) is 24.9 Å². The number of hydrogen-bond donors (Lipinski definition) is 1. The highest BCUT2D eigenvalue weighted by atomic mass is 32.2. The topological polar surface area (TPSA) is 108 Å². The number of carbonyl (C=O) groups excluding carboxylic acids is 2. The van der Waals surface area contributed by atoms with Crippen LogP contribution in [0.3, 0.4) is 0 Å². The van der Waals surface area contributed by atoms with Gasteiger partial charge in [-0.15, -0.1) is 10.2 Å². The molecule has 0 saturated carbocycles. The zero-order chi connectivity index (χ0) is 23.1. The van der Waals surface area contributed by atoms with Crippen LogP contribution < -0.4 is 10.1 Å². The second-order valence-electron chi connectivity index (χ2n) is 6.74. The summed E-state index contributed by atoms with van der Waals surface area (Å²) in [5.41, 5.74) is 1.69. The SMILES string of the molecule is CCOC(=O)c1sc(NC(=O)CSc2nnc(COc3ccc(C)cc3)n2CC)nc1C. The van der Waals surface area contributed by atoms with E-state index < -0.39 is 5.97 Å². The number of rotatable bonds is 10. The van der Waals surface area contributed by atoms with Crippen LogP contribution in [0.25, 0.3) is 0 Å². The van der Waals surface area contributed by atoms with Crippen LogP contribution in [-0.2, 0) is 22.7 Å². The van der Waals surface area contributed by atoms with E-state index in [1.165, 1.54) is 11.8 Å². The first-order valence-corrected chi connectivity index (χ1v) is 11.9. The van der Waals surface area contributed by atoms with Gasteiger partial charge in [0.05, 0.1) is 18.1 Å². The normalized spacial score (nSPS) is 10.8. The van der Waals surface area contributed by atoms with Crippen LogP contribution in [0.4, 0.5) is 5.13 Å². The Kier molecular flexibility index (Phi) is 8.23. The average Bonchev–Trinajstić information content (AvgIpc) is 3.34. The van der Waals surface area contributed by atoms with Crippen LogP contribution in [0.2, 0.25) is 0 Å². The number of thiazole rings is 1. The molecule has 9 nitrogen and oxygen atoms in total. The van der Waals surface area contributed by atoms with Gasteiger partial charge in [-0.2, -0.15) is 0 Å². The van der Waals surface area contributed by atoms with Crippen molar-refractivity contribution >= 4 is 40.1 Å². The van der Waals surface area contributed by atoms with Crippen molar-refractivity contribution in [2.75, 3.05) is 17.7 Å². The minimum Gasteiger partial charge on any atom is -0.486 e. The number of thioether (sulfide) groups is 1. The number of ether oxygens (including phenoxy) is 2. The number of carbonyl (C=O) groups is 2. The molecule has 3 rings (SSSR count). The monoisotopic (exact) mass is 475 g/mol. The maximum Gasteiger partial charge on any atom is 0.350 e. The molecular formula is C21H25N5O4S2. The lowest BCUT2D eigenvalue weighted by Crippen LogP contribution is -2.14. The van der Waals surface area contributed by atoms with E-state index in [0.29, 0.717) is 33.2 Å². The third-order valence-electron chi connectivity index (χ3n) is 4.33. The highest BCUT2D eigenvalue weighted by molar-refractivity contribution is 7.99. The third-order valence-corrected chi connectivity index (χ3v) is 6.35. The molecule has 3 aromatic rings. The fraction of sp³-hybridized carbons (Fsp3) is 0.381. The first-order valence-electron chi connectivity index (χ1n) is 10.1. The van der Waals surface area contributed by atoms with Crippen molar-refractivity contribution < 1.29 is 19.1 Å². The highest BCUT2D eigenvalue weighted by Gasteiger charge is 2.18. The Hall–Kier alpha value is -2.92. The van der Waals surface area contributed by atoms with Crippen molar-refractivity contribution in [3.8, 4) is 5.75 Å². The quantitative estimate of drug-likeness (QED) is 0.348. The molecule has 0 aliphatic rings. The summed E-state index contributed by atoms with van der Waals surface area (Å²) in [5, 5.41) is 12.1. The number of esters is 1. The molecule has 0 fully saturated rings. The Morgan fingerprint density at radius 2 is 1.91 bits per heavy atom. The van der Waals surface area contributed by atoms with Crippen LogP contribution in [0.15, 0.2) is 29.4 Å².